The summed E-state index contributed by atoms with van der Waals surface area (Å²) in [6.45, 7) is 5.08. The number of ether oxygens (including phenoxy) is 1. The molecular weight excluding hydrogens is 442 g/mol. The van der Waals surface area contributed by atoms with Gasteiger partial charge in [0, 0.05) is 32.7 Å². The van der Waals surface area contributed by atoms with E-state index in [0.29, 0.717) is 37.8 Å². The molecule has 2 saturated heterocycles. The van der Waals surface area contributed by atoms with Gasteiger partial charge in [-0.2, -0.15) is 0 Å². The summed E-state index contributed by atoms with van der Waals surface area (Å²) in [4.78, 5) is 29.9. The molecular formula is C24H41N3O5S. The van der Waals surface area contributed by atoms with Crippen LogP contribution in [0.3, 0.4) is 0 Å². The minimum Gasteiger partial charge on any atom is -0.368 e. The van der Waals surface area contributed by atoms with Gasteiger partial charge in [0.05, 0.1) is 23.1 Å². The van der Waals surface area contributed by atoms with Crippen molar-refractivity contribution in [1.29, 1.82) is 0 Å². The third-order valence-corrected chi connectivity index (χ3v) is 11.0. The normalized spacial score (nSPS) is 37.6. The molecule has 0 radical (unpaired) electrons. The van der Waals surface area contributed by atoms with E-state index in [1.807, 2.05) is 16.7 Å². The SMILES string of the molecule is CC(=O)N1C2CCC(C3CCC(S(=O)(=O)CCN)CC3)CC2N(C(=O)C2CCCO2)C[C@@H]1C. The largest absolute Gasteiger partial charge is 0.368 e. The lowest BCUT2D eigenvalue weighted by Crippen LogP contribution is -2.68. The van der Waals surface area contributed by atoms with Gasteiger partial charge in [0.2, 0.25) is 5.91 Å². The first-order valence-electron chi connectivity index (χ1n) is 12.9. The van der Waals surface area contributed by atoms with Crippen molar-refractivity contribution in [2.24, 2.45) is 17.6 Å². The molecule has 2 aliphatic carbocycles. The van der Waals surface area contributed by atoms with Gasteiger partial charge >= 0.3 is 0 Å². The third-order valence-electron chi connectivity index (χ3n) is 8.66. The second-order valence-corrected chi connectivity index (χ2v) is 13.1. The smallest absolute Gasteiger partial charge is 0.252 e. The number of piperazine rings is 1. The predicted octanol–water partition coefficient (Wildman–Crippen LogP) is 1.71. The van der Waals surface area contributed by atoms with Crippen LogP contribution in [0.25, 0.3) is 0 Å². The van der Waals surface area contributed by atoms with Crippen LogP contribution in [-0.2, 0) is 24.2 Å². The van der Waals surface area contributed by atoms with Crippen molar-refractivity contribution in [2.45, 2.75) is 101 Å². The zero-order valence-electron chi connectivity index (χ0n) is 20.2. The summed E-state index contributed by atoms with van der Waals surface area (Å²) in [6, 6.07) is 0.0993. The fourth-order valence-corrected chi connectivity index (χ4v) is 8.74. The lowest BCUT2D eigenvalue weighted by molar-refractivity contribution is -0.160. The Morgan fingerprint density at radius 1 is 1.00 bits per heavy atom. The van der Waals surface area contributed by atoms with Crippen LogP contribution < -0.4 is 5.73 Å². The molecule has 33 heavy (non-hydrogen) atoms. The molecule has 4 unspecified atom stereocenters. The van der Waals surface area contributed by atoms with Gasteiger partial charge in [-0.15, -0.1) is 0 Å². The summed E-state index contributed by atoms with van der Waals surface area (Å²) in [6.07, 6.45) is 7.46. The fraction of sp³-hybridized carbons (Fsp3) is 0.917. The van der Waals surface area contributed by atoms with Crippen molar-refractivity contribution in [1.82, 2.24) is 9.80 Å². The van der Waals surface area contributed by atoms with E-state index in [4.69, 9.17) is 10.5 Å². The number of amides is 2. The Bertz CT molecular complexity index is 820. The number of nitrogens with zero attached hydrogens (tertiary/aromatic N) is 2. The molecule has 2 heterocycles. The van der Waals surface area contributed by atoms with Crippen LogP contribution in [0.2, 0.25) is 0 Å². The van der Waals surface area contributed by atoms with E-state index in [2.05, 4.69) is 0 Å². The topological polar surface area (TPSA) is 110 Å². The first-order valence-corrected chi connectivity index (χ1v) is 14.6. The highest BCUT2D eigenvalue weighted by atomic mass is 32.2. The molecule has 8 nitrogen and oxygen atoms in total. The molecule has 5 atom stereocenters. The van der Waals surface area contributed by atoms with Gasteiger partial charge in [0.1, 0.15) is 6.10 Å². The van der Waals surface area contributed by atoms with Crippen LogP contribution in [0.4, 0.5) is 0 Å². The van der Waals surface area contributed by atoms with Gasteiger partial charge in [-0.05, 0) is 76.5 Å². The van der Waals surface area contributed by atoms with Gasteiger partial charge in [0.25, 0.3) is 5.91 Å². The van der Waals surface area contributed by atoms with Crippen LogP contribution in [0.1, 0.15) is 71.6 Å². The highest BCUT2D eigenvalue weighted by molar-refractivity contribution is 7.92. The first-order chi connectivity index (χ1) is 15.7. The zero-order valence-corrected chi connectivity index (χ0v) is 21.0. The molecule has 2 amide bonds. The van der Waals surface area contributed by atoms with Crippen LogP contribution in [0.5, 0.6) is 0 Å². The number of carbonyl (C=O) groups is 2. The van der Waals surface area contributed by atoms with Crippen molar-refractivity contribution in [3.05, 3.63) is 0 Å². The van der Waals surface area contributed by atoms with Crippen molar-refractivity contribution in [3.63, 3.8) is 0 Å². The van der Waals surface area contributed by atoms with E-state index in [1.165, 1.54) is 0 Å². The van der Waals surface area contributed by atoms with E-state index >= 15 is 0 Å². The molecule has 0 spiro atoms. The van der Waals surface area contributed by atoms with Crippen LogP contribution in [-0.4, -0.2) is 85.0 Å². The predicted molar refractivity (Wildman–Crippen MR) is 126 cm³/mol. The summed E-state index contributed by atoms with van der Waals surface area (Å²) in [7, 11) is -3.09. The molecule has 9 heteroatoms. The van der Waals surface area contributed by atoms with E-state index < -0.39 is 9.84 Å². The molecule has 188 valence electrons. The van der Waals surface area contributed by atoms with Crippen molar-refractivity contribution in [3.8, 4) is 0 Å². The fourth-order valence-electron chi connectivity index (χ4n) is 7.09. The molecule has 0 aromatic rings. The van der Waals surface area contributed by atoms with E-state index in [1.54, 1.807) is 6.92 Å². The molecule has 4 aliphatic rings. The van der Waals surface area contributed by atoms with Gasteiger partial charge in [-0.25, -0.2) is 8.42 Å². The molecule has 4 fully saturated rings. The lowest BCUT2D eigenvalue weighted by atomic mass is 9.69. The molecule has 2 N–H and O–H groups in total. The molecule has 0 bridgehead atoms. The Labute approximate surface area is 198 Å². The summed E-state index contributed by atoms with van der Waals surface area (Å²) >= 11 is 0. The van der Waals surface area contributed by atoms with Crippen molar-refractivity contribution < 1.29 is 22.7 Å². The van der Waals surface area contributed by atoms with E-state index in [0.717, 1.165) is 44.9 Å². The molecule has 0 aromatic carbocycles. The minimum atomic E-state index is -3.09. The van der Waals surface area contributed by atoms with Gasteiger partial charge in [0.15, 0.2) is 9.84 Å². The number of carbonyl (C=O) groups excluding carboxylic acids is 2. The molecule has 0 aromatic heterocycles. The van der Waals surface area contributed by atoms with Crippen molar-refractivity contribution >= 4 is 21.7 Å². The number of nitrogens with two attached hydrogens (primary N) is 1. The second-order valence-electron chi connectivity index (χ2n) is 10.7. The molecule has 4 rings (SSSR count). The number of sulfone groups is 1. The highest BCUT2D eigenvalue weighted by Gasteiger charge is 2.49. The lowest BCUT2D eigenvalue weighted by Gasteiger charge is -2.55. The number of hydrogen-bond donors (Lipinski definition) is 1. The number of fused-ring (bicyclic) bond motifs is 1. The Hall–Kier alpha value is -1.19. The Morgan fingerprint density at radius 3 is 2.30 bits per heavy atom. The number of hydrogen-bond acceptors (Lipinski definition) is 6. The second kappa shape index (κ2) is 10.2. The Kier molecular flexibility index (Phi) is 7.70. The van der Waals surface area contributed by atoms with Crippen LogP contribution >= 0.6 is 0 Å². The Balaban J connectivity index is 1.46. The summed E-state index contributed by atoms with van der Waals surface area (Å²) in [5.41, 5.74) is 5.50. The van der Waals surface area contributed by atoms with Crippen LogP contribution in [0.15, 0.2) is 0 Å². The average Bonchev–Trinajstić information content (AvgIpc) is 3.32. The van der Waals surface area contributed by atoms with E-state index in [9.17, 15) is 18.0 Å². The summed E-state index contributed by atoms with van der Waals surface area (Å²) in [5.74, 6) is 1.21. The standard InChI is InChI=1S/C24H41N3O5S/c1-16-15-26(24(29)23-4-3-12-32-23)22-14-19(7-10-21(22)27(16)17(2)28)18-5-8-20(9-6-18)33(30,31)13-11-25/h16,18-23H,3-15,25H2,1-2H3/t16-,18?,19?,20?,21?,22?,23?/m0/s1. The Morgan fingerprint density at radius 2 is 1.70 bits per heavy atom. The minimum absolute atomic E-state index is 0.00819. The maximum Gasteiger partial charge on any atom is 0.252 e. The first kappa shape index (κ1) is 24.9. The monoisotopic (exact) mass is 483 g/mol. The average molecular weight is 484 g/mol. The van der Waals surface area contributed by atoms with Gasteiger partial charge in [-0.3, -0.25) is 9.59 Å². The third kappa shape index (κ3) is 5.10. The van der Waals surface area contributed by atoms with Crippen LogP contribution in [0, 0.1) is 11.8 Å². The van der Waals surface area contributed by atoms with Gasteiger partial charge in [-0.1, -0.05) is 0 Å². The highest BCUT2D eigenvalue weighted by Crippen LogP contribution is 2.44. The zero-order chi connectivity index (χ0) is 23.8. The maximum atomic E-state index is 13.4. The van der Waals surface area contributed by atoms with E-state index in [-0.39, 0.29) is 53.6 Å². The maximum absolute atomic E-state index is 13.4. The van der Waals surface area contributed by atoms with Gasteiger partial charge < -0.3 is 20.3 Å². The number of rotatable bonds is 5. The summed E-state index contributed by atoms with van der Waals surface area (Å²) in [5, 5.41) is -0.255. The summed E-state index contributed by atoms with van der Waals surface area (Å²) < 4.78 is 30.6. The molecule has 2 saturated carbocycles. The molecule has 2 aliphatic heterocycles. The van der Waals surface area contributed by atoms with Crippen molar-refractivity contribution in [2.75, 3.05) is 25.4 Å². The quantitative estimate of drug-likeness (QED) is 0.638.